The minimum absolute atomic E-state index is 0.543. The Morgan fingerprint density at radius 3 is 0.811 bits per heavy atom. The van der Waals surface area contributed by atoms with Crippen molar-refractivity contribution in [2.45, 2.75) is 0 Å². The van der Waals surface area contributed by atoms with Gasteiger partial charge in [0.15, 0.2) is 23.3 Å². The van der Waals surface area contributed by atoms with Crippen LogP contribution in [0.4, 0.5) is 0 Å². The maximum Gasteiger partial charge on any atom is 0.238 e. The highest BCUT2D eigenvalue weighted by Crippen LogP contribution is 2.39. The fourth-order valence-corrected chi connectivity index (χ4v) is 10.2. The van der Waals surface area contributed by atoms with Crippen molar-refractivity contribution < 1.29 is 0 Å². The number of aromatic nitrogens is 8. The zero-order valence-corrected chi connectivity index (χ0v) is 39.8. The molecular formula is C66H42N8. The van der Waals surface area contributed by atoms with Crippen molar-refractivity contribution in [3.05, 3.63) is 255 Å². The second-order valence-electron chi connectivity index (χ2n) is 18.4. The summed E-state index contributed by atoms with van der Waals surface area (Å²) >= 11 is 0. The van der Waals surface area contributed by atoms with E-state index < -0.39 is 0 Å². The number of nitrogens with zero attached hydrogens (tertiary/aromatic N) is 8. The van der Waals surface area contributed by atoms with Crippen LogP contribution in [0.2, 0.25) is 0 Å². The molecule has 0 atom stereocenters. The van der Waals surface area contributed by atoms with Gasteiger partial charge in [-0.3, -0.25) is 9.13 Å². The van der Waals surface area contributed by atoms with Crippen molar-refractivity contribution in [2.75, 3.05) is 0 Å². The third-order valence-electron chi connectivity index (χ3n) is 13.9. The van der Waals surface area contributed by atoms with Crippen molar-refractivity contribution in [3.63, 3.8) is 0 Å². The van der Waals surface area contributed by atoms with Crippen molar-refractivity contribution in [1.82, 2.24) is 39.0 Å². The Morgan fingerprint density at radius 1 is 0.189 bits per heavy atom. The lowest BCUT2D eigenvalue weighted by Gasteiger charge is -2.12. The molecule has 14 aromatic rings. The SMILES string of the molecule is c1ccc(-c2ccc(-c3nc(-c4ccc(-c5ccccc5)cc4)nc(-n4c5ccccc5c5cc(-c6ccc7c(c6)c6ccccc6n7-c6nc(-c7ccccc7)nc(-c7ccccc7)n6)ccc54)n3)cc2)cc1. The van der Waals surface area contributed by atoms with E-state index in [-0.39, 0.29) is 0 Å². The van der Waals surface area contributed by atoms with Crippen LogP contribution in [0.3, 0.4) is 0 Å². The Morgan fingerprint density at radius 2 is 0.446 bits per heavy atom. The third kappa shape index (κ3) is 7.57. The summed E-state index contributed by atoms with van der Waals surface area (Å²) < 4.78 is 4.34. The van der Waals surface area contributed by atoms with Crippen molar-refractivity contribution in [1.29, 1.82) is 0 Å². The molecule has 0 aliphatic carbocycles. The van der Waals surface area contributed by atoms with Crippen molar-refractivity contribution >= 4 is 43.6 Å². The maximum atomic E-state index is 5.28. The summed E-state index contributed by atoms with van der Waals surface area (Å²) in [5, 5.41) is 4.40. The van der Waals surface area contributed by atoms with Gasteiger partial charge < -0.3 is 0 Å². The Balaban J connectivity index is 0.902. The van der Waals surface area contributed by atoms with Crippen LogP contribution in [-0.4, -0.2) is 39.0 Å². The summed E-state index contributed by atoms with van der Waals surface area (Å²) in [5.41, 5.74) is 14.4. The normalized spacial score (nSPS) is 11.5. The predicted octanol–water partition coefficient (Wildman–Crippen LogP) is 15.9. The van der Waals surface area contributed by atoms with E-state index in [2.05, 4.69) is 191 Å². The van der Waals surface area contributed by atoms with E-state index in [4.69, 9.17) is 29.9 Å². The van der Waals surface area contributed by atoms with Gasteiger partial charge in [0.1, 0.15) is 0 Å². The van der Waals surface area contributed by atoms with Gasteiger partial charge >= 0.3 is 0 Å². The zero-order chi connectivity index (χ0) is 49.0. The Hall–Kier alpha value is -10.2. The molecule has 0 amide bonds. The highest BCUT2D eigenvalue weighted by Gasteiger charge is 2.21. The lowest BCUT2D eigenvalue weighted by atomic mass is 10.0. The van der Waals surface area contributed by atoms with Gasteiger partial charge in [-0.05, 0) is 69.8 Å². The molecule has 4 heterocycles. The molecule has 0 fully saturated rings. The van der Waals surface area contributed by atoms with Gasteiger partial charge in [0, 0.05) is 43.8 Å². The molecule has 346 valence electrons. The summed E-state index contributed by atoms with van der Waals surface area (Å²) in [7, 11) is 0. The molecule has 0 aliphatic rings. The number of fused-ring (bicyclic) bond motifs is 6. The number of hydrogen-bond donors (Lipinski definition) is 0. The average Bonchev–Trinajstić information content (AvgIpc) is 4.03. The molecule has 74 heavy (non-hydrogen) atoms. The highest BCUT2D eigenvalue weighted by atomic mass is 15.2. The number of hydrogen-bond acceptors (Lipinski definition) is 6. The fourth-order valence-electron chi connectivity index (χ4n) is 10.2. The highest BCUT2D eigenvalue weighted by molar-refractivity contribution is 6.12. The predicted molar refractivity (Wildman–Crippen MR) is 300 cm³/mol. The molecule has 4 aromatic heterocycles. The topological polar surface area (TPSA) is 87.2 Å². The lowest BCUT2D eigenvalue weighted by molar-refractivity contribution is 0.953. The van der Waals surface area contributed by atoms with Gasteiger partial charge in [0.05, 0.1) is 22.1 Å². The van der Waals surface area contributed by atoms with Crippen LogP contribution in [-0.2, 0) is 0 Å². The Bertz CT molecular complexity index is 4220. The lowest BCUT2D eigenvalue weighted by Crippen LogP contribution is -2.06. The second kappa shape index (κ2) is 17.9. The smallest absolute Gasteiger partial charge is 0.238 e. The van der Waals surface area contributed by atoms with Crippen LogP contribution in [0.1, 0.15) is 0 Å². The summed E-state index contributed by atoms with van der Waals surface area (Å²) in [6, 6.07) is 88.4. The molecule has 8 heteroatoms. The van der Waals surface area contributed by atoms with E-state index >= 15 is 0 Å². The van der Waals surface area contributed by atoms with E-state index in [9.17, 15) is 0 Å². The van der Waals surface area contributed by atoms with Gasteiger partial charge in [0.25, 0.3) is 0 Å². The third-order valence-corrected chi connectivity index (χ3v) is 13.9. The summed E-state index contributed by atoms with van der Waals surface area (Å²) in [4.78, 5) is 31.0. The number of benzene rings is 10. The van der Waals surface area contributed by atoms with Crippen LogP contribution < -0.4 is 0 Å². The molecule has 10 aromatic carbocycles. The molecule has 14 rings (SSSR count). The van der Waals surface area contributed by atoms with E-state index in [1.165, 1.54) is 0 Å². The fraction of sp³-hybridized carbons (Fsp3) is 0. The first-order valence-corrected chi connectivity index (χ1v) is 24.7. The van der Waals surface area contributed by atoms with Crippen LogP contribution >= 0.6 is 0 Å². The Labute approximate surface area is 426 Å². The van der Waals surface area contributed by atoms with Gasteiger partial charge in [0.2, 0.25) is 11.9 Å². The molecule has 0 unspecified atom stereocenters. The quantitative estimate of drug-likeness (QED) is 0.143. The van der Waals surface area contributed by atoms with E-state index in [0.717, 1.165) is 99.2 Å². The largest absolute Gasteiger partial charge is 0.278 e. The van der Waals surface area contributed by atoms with E-state index in [1.54, 1.807) is 0 Å². The van der Waals surface area contributed by atoms with Crippen molar-refractivity contribution in [3.8, 4) is 90.8 Å². The molecular weight excluding hydrogens is 905 g/mol. The molecule has 0 bridgehead atoms. The zero-order valence-electron chi connectivity index (χ0n) is 39.8. The maximum absolute atomic E-state index is 5.28. The van der Waals surface area contributed by atoms with Crippen LogP contribution in [0, 0.1) is 0 Å². The number of para-hydroxylation sites is 2. The molecule has 0 aliphatic heterocycles. The molecule has 0 spiro atoms. The van der Waals surface area contributed by atoms with Gasteiger partial charge in [-0.1, -0.05) is 218 Å². The molecule has 0 radical (unpaired) electrons. The molecule has 0 N–H and O–H groups in total. The second-order valence-corrected chi connectivity index (χ2v) is 18.4. The van der Waals surface area contributed by atoms with Gasteiger partial charge in [-0.2, -0.15) is 19.9 Å². The minimum atomic E-state index is 0.543. The van der Waals surface area contributed by atoms with Crippen LogP contribution in [0.25, 0.3) is 134 Å². The van der Waals surface area contributed by atoms with Crippen molar-refractivity contribution in [2.24, 2.45) is 0 Å². The first kappa shape index (κ1) is 42.7. The summed E-state index contributed by atoms with van der Waals surface area (Å²) in [5.74, 6) is 3.52. The molecule has 0 saturated heterocycles. The van der Waals surface area contributed by atoms with Crippen LogP contribution in [0.5, 0.6) is 0 Å². The molecule has 8 nitrogen and oxygen atoms in total. The standard InChI is InChI=1S/C66H42N8/c1-5-17-43(18-6-1)45-29-33-49(34-30-45)63-68-64(50-35-31-46(32-36-50)44-19-7-2-8-20-44)72-66(71-63)74-58-28-16-14-26-54(58)56-42-52(38-40-60(56)74)51-37-39-59-55(41-51)53-25-13-15-27-57(53)73(59)65-69-61(47-21-9-3-10-22-47)67-62(70-65)48-23-11-4-12-24-48/h1-42H. The first-order valence-electron chi connectivity index (χ1n) is 24.7. The minimum Gasteiger partial charge on any atom is -0.278 e. The monoisotopic (exact) mass is 946 g/mol. The Kier molecular flexibility index (Phi) is 10.3. The number of rotatable bonds is 9. The van der Waals surface area contributed by atoms with E-state index in [0.29, 0.717) is 35.2 Å². The first-order chi connectivity index (χ1) is 36.7. The van der Waals surface area contributed by atoms with Gasteiger partial charge in [-0.15, -0.1) is 0 Å². The summed E-state index contributed by atoms with van der Waals surface area (Å²) in [6.07, 6.45) is 0. The average molecular weight is 947 g/mol. The van der Waals surface area contributed by atoms with Crippen LogP contribution in [0.15, 0.2) is 255 Å². The molecule has 0 saturated carbocycles. The summed E-state index contributed by atoms with van der Waals surface area (Å²) in [6.45, 7) is 0. The van der Waals surface area contributed by atoms with Gasteiger partial charge in [-0.25, -0.2) is 9.97 Å². The van der Waals surface area contributed by atoms with E-state index in [1.807, 2.05) is 72.8 Å².